The van der Waals surface area contributed by atoms with Crippen LogP contribution in [0.1, 0.15) is 0 Å². The lowest BCUT2D eigenvalue weighted by Gasteiger charge is -2.02. The first-order chi connectivity index (χ1) is 11.1. The largest absolute Gasteiger partial charge is 0.339 e. The van der Waals surface area contributed by atoms with Crippen LogP contribution < -0.4 is 27.0 Å². The Labute approximate surface area is 128 Å². The van der Waals surface area contributed by atoms with Gasteiger partial charge in [-0.3, -0.25) is 9.59 Å². The van der Waals surface area contributed by atoms with Crippen LogP contribution in [-0.2, 0) is 0 Å². The molecule has 0 saturated carbocycles. The third kappa shape index (κ3) is 2.71. The molecule has 2 amide bonds. The normalized spacial score (nSPS) is 11.6. The van der Waals surface area contributed by atoms with E-state index in [2.05, 4.69) is 15.8 Å². The van der Waals surface area contributed by atoms with E-state index in [0.717, 1.165) is 6.07 Å². The van der Waals surface area contributed by atoms with Gasteiger partial charge in [0.05, 0.1) is 5.39 Å². The summed E-state index contributed by atoms with van der Waals surface area (Å²) in [5.74, 6) is -0.792. The third-order valence-corrected chi connectivity index (χ3v) is 3.22. The number of benzene rings is 2. The molecular weight excluding hydrogens is 301 g/mol. The fourth-order valence-corrected chi connectivity index (χ4v) is 2.18. The van der Waals surface area contributed by atoms with Crippen molar-refractivity contribution in [3.05, 3.63) is 80.2 Å². The van der Waals surface area contributed by atoms with Crippen molar-refractivity contribution in [2.24, 2.45) is 5.10 Å². The Morgan fingerprint density at radius 1 is 0.957 bits per heavy atom. The molecule has 114 valence electrons. The van der Waals surface area contributed by atoms with Crippen molar-refractivity contribution < 1.29 is 9.18 Å². The first kappa shape index (κ1) is 14.6. The van der Waals surface area contributed by atoms with Crippen LogP contribution in [0.2, 0.25) is 0 Å². The Kier molecular flexibility index (Phi) is 3.68. The Morgan fingerprint density at radius 3 is 2.39 bits per heavy atom. The van der Waals surface area contributed by atoms with Gasteiger partial charge < -0.3 is 5.32 Å². The fraction of sp³-hybridized carbons (Fsp3) is 0. The molecule has 0 aromatic heterocycles. The van der Waals surface area contributed by atoms with E-state index in [4.69, 9.17) is 0 Å². The Morgan fingerprint density at radius 2 is 1.70 bits per heavy atom. The van der Waals surface area contributed by atoms with Crippen molar-refractivity contribution in [1.82, 2.24) is 5.43 Å². The number of carbonyl (C=O) groups excluding carboxylic acids is 1. The van der Waals surface area contributed by atoms with Gasteiger partial charge in [-0.2, -0.15) is 5.10 Å². The highest BCUT2D eigenvalue weighted by molar-refractivity contribution is 5.89. The lowest BCUT2D eigenvalue weighted by molar-refractivity contribution is 0.252. The highest BCUT2D eigenvalue weighted by Gasteiger charge is 2.14. The molecule has 0 radical (unpaired) electrons. The van der Waals surface area contributed by atoms with Gasteiger partial charge in [0.25, 0.3) is 0 Å². The molecule has 0 spiro atoms. The van der Waals surface area contributed by atoms with Crippen LogP contribution in [0, 0.1) is 5.82 Å². The van der Waals surface area contributed by atoms with E-state index in [-0.39, 0.29) is 10.8 Å². The fourth-order valence-electron chi connectivity index (χ4n) is 2.18. The zero-order chi connectivity index (χ0) is 16.4. The first-order valence-electron chi connectivity index (χ1n) is 6.65. The van der Waals surface area contributed by atoms with Crippen LogP contribution in [0.15, 0.2) is 63.2 Å². The topological polar surface area (TPSA) is 87.6 Å². The number of para-hydroxylation sites is 1. The number of anilines is 1. The highest BCUT2D eigenvalue weighted by Crippen LogP contribution is 2.08. The number of nitrogens with one attached hydrogen (secondary N) is 2. The summed E-state index contributed by atoms with van der Waals surface area (Å²) < 4.78 is 13.6. The molecule has 0 unspecified atom stereocenters. The predicted octanol–water partition coefficient (Wildman–Crippen LogP) is 1.21. The van der Waals surface area contributed by atoms with Gasteiger partial charge in [-0.1, -0.05) is 30.3 Å². The number of hydrogen-bond acceptors (Lipinski definition) is 4. The molecule has 7 heteroatoms. The minimum Gasteiger partial charge on any atom is -0.307 e. The van der Waals surface area contributed by atoms with Gasteiger partial charge >= 0.3 is 6.03 Å². The van der Waals surface area contributed by atoms with Crippen LogP contribution in [0.3, 0.4) is 0 Å². The molecule has 0 heterocycles. The lowest BCUT2D eigenvalue weighted by atomic mass is 10.2. The molecule has 0 bridgehead atoms. The van der Waals surface area contributed by atoms with E-state index in [0.29, 0.717) is 5.69 Å². The second-order valence-electron chi connectivity index (χ2n) is 4.71. The van der Waals surface area contributed by atoms with E-state index in [1.54, 1.807) is 30.3 Å². The molecule has 0 saturated heterocycles. The number of nitrogens with zero attached hydrogens (tertiary/aromatic N) is 1. The zero-order valence-corrected chi connectivity index (χ0v) is 11.7. The van der Waals surface area contributed by atoms with Crippen LogP contribution in [0.25, 0.3) is 10.8 Å². The summed E-state index contributed by atoms with van der Waals surface area (Å²) in [5.41, 5.74) is 1.02. The van der Waals surface area contributed by atoms with Gasteiger partial charge in [0.15, 0.2) is 5.36 Å². The van der Waals surface area contributed by atoms with Gasteiger partial charge in [-0.15, -0.1) is 0 Å². The maximum atomic E-state index is 13.6. The minimum absolute atomic E-state index is 0.0565. The Hall–Kier alpha value is -3.35. The van der Waals surface area contributed by atoms with E-state index in [1.165, 1.54) is 12.1 Å². The summed E-state index contributed by atoms with van der Waals surface area (Å²) in [6.45, 7) is 0. The van der Waals surface area contributed by atoms with Gasteiger partial charge in [0.1, 0.15) is 5.82 Å². The molecule has 3 aromatic carbocycles. The summed E-state index contributed by atoms with van der Waals surface area (Å²) in [6, 6.07) is 11.6. The molecule has 23 heavy (non-hydrogen) atoms. The number of hydrogen-bond donors (Lipinski definition) is 2. The molecule has 0 aliphatic heterocycles. The molecule has 0 atom stereocenters. The molecule has 3 aromatic rings. The van der Waals surface area contributed by atoms with Gasteiger partial charge in [0, 0.05) is 11.1 Å². The van der Waals surface area contributed by atoms with Gasteiger partial charge in [-0.05, 0) is 18.2 Å². The number of fused-ring (bicyclic) bond motifs is 1. The van der Waals surface area contributed by atoms with Crippen molar-refractivity contribution >= 4 is 22.5 Å². The second-order valence-corrected chi connectivity index (χ2v) is 4.71. The van der Waals surface area contributed by atoms with Gasteiger partial charge in [0.2, 0.25) is 10.9 Å². The van der Waals surface area contributed by atoms with E-state index in [9.17, 15) is 18.8 Å². The average molecular weight is 311 g/mol. The standard InChI is InChI=1S/C16H10FN3O3/c17-11-8-4-7-10-12(11)15(22)13(14(10)21)19-20-16(23)18-9-5-2-1-3-6-9/h1-8H,(H2,18,20,23). The number of halogens is 1. The average Bonchev–Trinajstić information content (AvgIpc) is 2.79. The van der Waals surface area contributed by atoms with Crippen molar-refractivity contribution in [1.29, 1.82) is 0 Å². The van der Waals surface area contributed by atoms with E-state index < -0.39 is 28.1 Å². The third-order valence-electron chi connectivity index (χ3n) is 3.22. The van der Waals surface area contributed by atoms with E-state index in [1.807, 2.05) is 0 Å². The van der Waals surface area contributed by atoms with Crippen LogP contribution in [0.5, 0.6) is 0 Å². The number of rotatable bonds is 2. The molecule has 3 rings (SSSR count). The quantitative estimate of drug-likeness (QED) is 0.697. The molecular formula is C16H10FN3O3. The first-order valence-corrected chi connectivity index (χ1v) is 6.65. The summed E-state index contributed by atoms with van der Waals surface area (Å²) in [4.78, 5) is 35.8. The SMILES string of the molecule is O=C(NN=c1c(=O)c2cccc(F)c2c1=O)Nc1ccccc1. The number of carbonyl (C=O) groups is 1. The summed E-state index contributed by atoms with van der Waals surface area (Å²) >= 11 is 0. The highest BCUT2D eigenvalue weighted by atomic mass is 19.1. The monoisotopic (exact) mass is 311 g/mol. The van der Waals surface area contributed by atoms with E-state index >= 15 is 0 Å². The summed E-state index contributed by atoms with van der Waals surface area (Å²) in [7, 11) is 0. The van der Waals surface area contributed by atoms with Crippen LogP contribution in [0.4, 0.5) is 14.9 Å². The van der Waals surface area contributed by atoms with Crippen LogP contribution >= 0.6 is 0 Å². The lowest BCUT2D eigenvalue weighted by Crippen LogP contribution is -2.36. The Balaban J connectivity index is 1.93. The number of amides is 2. The molecule has 0 fully saturated rings. The maximum Gasteiger partial charge on any atom is 0.339 e. The van der Waals surface area contributed by atoms with Crippen LogP contribution in [-0.4, -0.2) is 6.03 Å². The molecule has 2 N–H and O–H groups in total. The summed E-state index contributed by atoms with van der Waals surface area (Å²) in [6.07, 6.45) is 0. The van der Waals surface area contributed by atoms with Gasteiger partial charge in [-0.25, -0.2) is 14.6 Å². The second kappa shape index (κ2) is 5.80. The van der Waals surface area contributed by atoms with Crippen molar-refractivity contribution in [3.8, 4) is 0 Å². The zero-order valence-electron chi connectivity index (χ0n) is 11.7. The van der Waals surface area contributed by atoms with Crippen molar-refractivity contribution in [2.45, 2.75) is 0 Å². The van der Waals surface area contributed by atoms with Crippen molar-refractivity contribution in [3.63, 3.8) is 0 Å². The Bertz CT molecular complexity index is 1040. The number of urea groups is 1. The molecule has 0 aliphatic carbocycles. The molecule has 0 aliphatic rings. The predicted molar refractivity (Wildman–Crippen MR) is 83.0 cm³/mol. The smallest absolute Gasteiger partial charge is 0.307 e. The molecule has 6 nitrogen and oxygen atoms in total. The van der Waals surface area contributed by atoms with Crippen molar-refractivity contribution in [2.75, 3.05) is 5.32 Å². The minimum atomic E-state index is -0.844. The maximum absolute atomic E-state index is 13.6. The summed E-state index contributed by atoms with van der Waals surface area (Å²) in [5, 5.41) is 5.11.